The van der Waals surface area contributed by atoms with E-state index in [1.165, 1.54) is 6.07 Å². The van der Waals surface area contributed by atoms with Gasteiger partial charge in [0.05, 0.1) is 0 Å². The summed E-state index contributed by atoms with van der Waals surface area (Å²) in [4.78, 5) is 0. The van der Waals surface area contributed by atoms with Crippen molar-refractivity contribution in [1.82, 2.24) is 0 Å². The van der Waals surface area contributed by atoms with Crippen LogP contribution in [0.3, 0.4) is 0 Å². The number of halogens is 3. The molecule has 1 heterocycles. The SMILES string of the molecule is F[C](F)(F)[Cu][c]1cccs1. The van der Waals surface area contributed by atoms with Gasteiger partial charge in [-0.15, -0.1) is 0 Å². The van der Waals surface area contributed by atoms with Crippen LogP contribution in [0.2, 0.25) is 0 Å². The average molecular weight is 216 g/mol. The van der Waals surface area contributed by atoms with Gasteiger partial charge in [-0.1, -0.05) is 0 Å². The van der Waals surface area contributed by atoms with E-state index >= 15 is 0 Å². The van der Waals surface area contributed by atoms with Gasteiger partial charge in [-0.2, -0.15) is 0 Å². The molecule has 0 atom stereocenters. The van der Waals surface area contributed by atoms with E-state index in [4.69, 9.17) is 0 Å². The van der Waals surface area contributed by atoms with Crippen LogP contribution < -0.4 is 3.78 Å². The van der Waals surface area contributed by atoms with E-state index in [0.29, 0.717) is 0 Å². The summed E-state index contributed by atoms with van der Waals surface area (Å²) in [5.41, 5.74) is 0. The molecule has 10 heavy (non-hydrogen) atoms. The molecule has 0 fully saturated rings. The van der Waals surface area contributed by atoms with Crippen molar-refractivity contribution in [2.75, 3.05) is 0 Å². The topological polar surface area (TPSA) is 0 Å². The normalized spacial score (nSPS) is 12.3. The van der Waals surface area contributed by atoms with Crippen LogP contribution in [-0.2, 0) is 15.0 Å². The number of hydrogen-bond donors (Lipinski definition) is 0. The van der Waals surface area contributed by atoms with Gasteiger partial charge in [0, 0.05) is 0 Å². The second kappa shape index (κ2) is 2.94. The molecule has 61 valence electrons. The predicted octanol–water partition coefficient (Wildman–Crippen LogP) is 1.98. The maximum absolute atomic E-state index is 11.6. The molecule has 0 saturated carbocycles. The number of alkyl halides is 3. The summed E-state index contributed by atoms with van der Waals surface area (Å²) in [6.07, 6.45) is 0. The summed E-state index contributed by atoms with van der Waals surface area (Å²) in [6, 6.07) is 3.04. The number of hydrogen-bond acceptors (Lipinski definition) is 1. The van der Waals surface area contributed by atoms with Crippen LogP contribution in [0.25, 0.3) is 0 Å². The van der Waals surface area contributed by atoms with Crippen LogP contribution >= 0.6 is 11.3 Å². The Bertz CT molecular complexity index is 191. The summed E-state index contributed by atoms with van der Waals surface area (Å²) in [5.74, 6) is 0. The van der Waals surface area contributed by atoms with E-state index in [1.807, 2.05) is 0 Å². The summed E-state index contributed by atoms with van der Waals surface area (Å²) >= 11 is 1.10. The van der Waals surface area contributed by atoms with Crippen LogP contribution in [0.5, 0.6) is 0 Å². The molecule has 0 spiro atoms. The third-order valence-electron chi connectivity index (χ3n) is 0.624. The van der Waals surface area contributed by atoms with Crippen LogP contribution in [0.1, 0.15) is 0 Å². The Morgan fingerprint density at radius 1 is 1.40 bits per heavy atom. The van der Waals surface area contributed by atoms with Crippen molar-refractivity contribution in [2.45, 2.75) is 5.07 Å². The van der Waals surface area contributed by atoms with Gasteiger partial charge in [0.1, 0.15) is 0 Å². The van der Waals surface area contributed by atoms with Crippen molar-refractivity contribution >= 4 is 15.1 Å². The van der Waals surface area contributed by atoms with E-state index in [2.05, 4.69) is 0 Å². The quantitative estimate of drug-likeness (QED) is 0.629. The van der Waals surface area contributed by atoms with E-state index in [0.717, 1.165) is 11.3 Å². The fourth-order valence-corrected chi connectivity index (χ4v) is 1.92. The summed E-state index contributed by atoms with van der Waals surface area (Å²) < 4.78 is 35.0. The van der Waals surface area contributed by atoms with Crippen molar-refractivity contribution in [1.29, 1.82) is 0 Å². The molecular formula is C5H3CuF3S. The van der Waals surface area contributed by atoms with Crippen molar-refractivity contribution in [2.24, 2.45) is 0 Å². The second-order valence-electron chi connectivity index (χ2n) is 1.34. The number of rotatable bonds is 1. The van der Waals surface area contributed by atoms with Crippen molar-refractivity contribution in [3.63, 3.8) is 0 Å². The summed E-state index contributed by atoms with van der Waals surface area (Å²) in [6.45, 7) is 0. The molecule has 0 nitrogen and oxygen atoms in total. The first-order valence-corrected chi connectivity index (χ1v) is 4.08. The molecule has 0 radical (unpaired) electrons. The van der Waals surface area contributed by atoms with Gasteiger partial charge in [-0.05, 0) is 0 Å². The third-order valence-corrected chi connectivity index (χ3v) is 2.50. The zero-order chi connectivity index (χ0) is 7.61. The zero-order valence-corrected chi connectivity index (χ0v) is 6.33. The third kappa shape index (κ3) is 2.73. The van der Waals surface area contributed by atoms with E-state index in [1.54, 1.807) is 11.4 Å². The molecule has 0 aliphatic heterocycles. The zero-order valence-electron chi connectivity index (χ0n) is 4.58. The Labute approximate surface area is 66.2 Å². The molecule has 0 N–H and O–H groups in total. The molecule has 0 aromatic carbocycles. The molecule has 0 aliphatic rings. The predicted molar refractivity (Wildman–Crippen MR) is 30.0 cm³/mol. The van der Waals surface area contributed by atoms with E-state index in [-0.39, 0.29) is 18.7 Å². The molecule has 0 saturated heterocycles. The summed E-state index contributed by atoms with van der Waals surface area (Å²) in [7, 11) is 0. The van der Waals surface area contributed by atoms with Crippen molar-refractivity contribution in [3.8, 4) is 0 Å². The van der Waals surface area contributed by atoms with Gasteiger partial charge in [0.2, 0.25) is 0 Å². The van der Waals surface area contributed by atoms with Gasteiger partial charge in [0.15, 0.2) is 0 Å². The van der Waals surface area contributed by atoms with E-state index in [9.17, 15) is 13.2 Å². The van der Waals surface area contributed by atoms with Crippen LogP contribution in [0.15, 0.2) is 17.5 Å². The van der Waals surface area contributed by atoms with Gasteiger partial charge in [0.25, 0.3) is 0 Å². The average Bonchev–Trinajstić information content (AvgIpc) is 2.12. The minimum absolute atomic E-state index is 0.0168. The molecule has 1 rings (SSSR count). The second-order valence-corrected chi connectivity index (χ2v) is 3.82. The van der Waals surface area contributed by atoms with Gasteiger partial charge < -0.3 is 0 Å². The van der Waals surface area contributed by atoms with Crippen LogP contribution in [0, 0.1) is 0 Å². The first-order chi connectivity index (χ1) is 4.58. The number of thiophene rings is 1. The van der Waals surface area contributed by atoms with Crippen LogP contribution in [0.4, 0.5) is 13.2 Å². The van der Waals surface area contributed by atoms with Crippen molar-refractivity contribution < 1.29 is 28.1 Å². The standard InChI is InChI=1S/C4H3S.CF3.Cu/c1-2-4-5-3-1;2-1(3)4;/h1-3H;;. The van der Waals surface area contributed by atoms with Crippen molar-refractivity contribution in [3.05, 3.63) is 17.5 Å². The minimum atomic E-state index is -4.16. The monoisotopic (exact) mass is 215 g/mol. The van der Waals surface area contributed by atoms with Gasteiger partial charge >= 0.3 is 65.8 Å². The maximum atomic E-state index is 11.6. The Hall–Kier alpha value is 0.00948. The van der Waals surface area contributed by atoms with Gasteiger partial charge in [-0.3, -0.25) is 0 Å². The molecule has 5 heteroatoms. The first-order valence-electron chi connectivity index (χ1n) is 2.26. The molecule has 0 amide bonds. The van der Waals surface area contributed by atoms with Gasteiger partial charge in [-0.25, -0.2) is 0 Å². The molecule has 1 aromatic rings. The van der Waals surface area contributed by atoms with Crippen LogP contribution in [-0.4, -0.2) is 5.07 Å². The Kier molecular flexibility index (Phi) is 2.39. The van der Waals surface area contributed by atoms with E-state index < -0.39 is 5.07 Å². The Morgan fingerprint density at radius 2 is 2.10 bits per heavy atom. The first kappa shape index (κ1) is 8.11. The molecule has 0 aliphatic carbocycles. The molecule has 0 bridgehead atoms. The molecule has 0 unspecified atom stereocenters. The molecular weight excluding hydrogens is 213 g/mol. The fraction of sp³-hybridized carbons (Fsp3) is 0.200. The fourth-order valence-electron chi connectivity index (χ4n) is 0.373. The molecule has 1 aromatic heterocycles. The Morgan fingerprint density at radius 3 is 2.50 bits per heavy atom. The summed E-state index contributed by atoms with van der Waals surface area (Å²) in [5, 5.41) is -2.54. The Balaban J connectivity index is 2.57.